The van der Waals surface area contributed by atoms with Crippen LogP contribution in [-0.4, -0.2) is 22.5 Å². The maximum Gasteiger partial charge on any atom is 0.241 e. The van der Waals surface area contributed by atoms with Gasteiger partial charge in [0.05, 0.1) is 0 Å². The summed E-state index contributed by atoms with van der Waals surface area (Å²) in [6.45, 7) is 6.56. The summed E-state index contributed by atoms with van der Waals surface area (Å²) in [7, 11) is 0. The lowest BCUT2D eigenvalue weighted by molar-refractivity contribution is -0.0676. The van der Waals surface area contributed by atoms with Crippen molar-refractivity contribution in [3.63, 3.8) is 0 Å². The summed E-state index contributed by atoms with van der Waals surface area (Å²) in [5, 5.41) is 2.07. The second kappa shape index (κ2) is 36.4. The predicted octanol–water partition coefficient (Wildman–Crippen LogP) is 14.0. The van der Waals surface area contributed by atoms with Crippen LogP contribution in [0.1, 0.15) is 219 Å². The van der Waals surface area contributed by atoms with Crippen molar-refractivity contribution in [3.8, 4) is 0 Å². The molecule has 0 rings (SSSR count). The van der Waals surface area contributed by atoms with Gasteiger partial charge in [-0.3, -0.25) is 0 Å². The zero-order valence-electron chi connectivity index (χ0n) is 28.3. The highest BCUT2D eigenvalue weighted by Gasteiger charge is 2.07. The summed E-state index contributed by atoms with van der Waals surface area (Å²) < 4.78 is 0.359. The van der Waals surface area contributed by atoms with Gasteiger partial charge in [0.25, 0.3) is 0 Å². The largest absolute Gasteiger partial charge is 0.387 e. The van der Waals surface area contributed by atoms with Gasteiger partial charge in [0.1, 0.15) is 0 Å². The van der Waals surface area contributed by atoms with Crippen LogP contribution < -0.4 is 0 Å². The zero-order chi connectivity index (χ0) is 29.9. The molecule has 0 N–H and O–H groups in total. The highest BCUT2D eigenvalue weighted by Crippen LogP contribution is 2.16. The Morgan fingerprint density at radius 3 is 0.780 bits per heavy atom. The molecule has 0 amide bonds. The van der Waals surface area contributed by atoms with E-state index in [0.717, 1.165) is 13.1 Å². The average molecular weight is 614 g/mol. The van der Waals surface area contributed by atoms with E-state index in [1.807, 2.05) is 0 Å². The number of thiocarbonyl (C=S) groups is 1. The van der Waals surface area contributed by atoms with Crippen LogP contribution in [0.4, 0.5) is 0 Å². The van der Waals surface area contributed by atoms with Gasteiger partial charge >= 0.3 is 0 Å². The fraction of sp³-hybridized carbons (Fsp3) is 0.973. The maximum absolute atomic E-state index is 5.73. The van der Waals surface area contributed by atoms with Crippen LogP contribution in [0.3, 0.4) is 0 Å². The molecule has 0 aromatic rings. The molecule has 246 valence electrons. The molecule has 0 saturated heterocycles. The summed E-state index contributed by atoms with van der Waals surface area (Å²) in [6, 6.07) is 0. The predicted molar refractivity (Wildman–Crippen MR) is 193 cm³/mol. The van der Waals surface area contributed by atoms with E-state index in [9.17, 15) is 0 Å². The number of hydrogen-bond acceptors (Lipinski definition) is 3. The standard InChI is InChI=1S/C37H75NOS2/c1-3-5-7-9-11-13-15-17-19-21-23-25-27-29-31-33-35-38(39-37(40)41)36-34-32-30-28-26-24-22-20-18-16-14-12-10-8-6-4-2/h3-36H2,1-2H3,(H,40,41). The van der Waals surface area contributed by atoms with E-state index < -0.39 is 0 Å². The van der Waals surface area contributed by atoms with Crippen molar-refractivity contribution >= 4 is 29.2 Å². The number of hydroxylamine groups is 2. The minimum absolute atomic E-state index is 0.359. The molecule has 0 aliphatic rings. The first-order valence-corrected chi connectivity index (χ1v) is 19.7. The molecular formula is C37H75NOS2. The van der Waals surface area contributed by atoms with Crippen LogP contribution in [0.15, 0.2) is 0 Å². The van der Waals surface area contributed by atoms with E-state index in [0.29, 0.717) is 4.38 Å². The van der Waals surface area contributed by atoms with Crippen LogP contribution in [0.2, 0.25) is 0 Å². The van der Waals surface area contributed by atoms with Gasteiger partial charge in [0.15, 0.2) is 0 Å². The molecule has 0 aliphatic heterocycles. The van der Waals surface area contributed by atoms with Crippen LogP contribution in [0, 0.1) is 0 Å². The minimum atomic E-state index is 0.359. The molecule has 0 aromatic heterocycles. The summed E-state index contributed by atoms with van der Waals surface area (Å²) in [6.07, 6.45) is 45.0. The Hall–Kier alpha value is 0.200. The topological polar surface area (TPSA) is 12.5 Å². The van der Waals surface area contributed by atoms with Crippen molar-refractivity contribution in [3.05, 3.63) is 0 Å². The van der Waals surface area contributed by atoms with Gasteiger partial charge in [-0.25, -0.2) is 0 Å². The van der Waals surface area contributed by atoms with Crippen LogP contribution >= 0.6 is 24.8 Å². The van der Waals surface area contributed by atoms with Crippen LogP contribution in [0.25, 0.3) is 0 Å². The number of rotatable bonds is 35. The van der Waals surface area contributed by atoms with Gasteiger partial charge in [-0.1, -0.05) is 219 Å². The molecule has 0 heterocycles. The molecule has 2 nitrogen and oxygen atoms in total. The summed E-state index contributed by atoms with van der Waals surface area (Å²) in [5.41, 5.74) is 0. The van der Waals surface area contributed by atoms with Gasteiger partial charge in [0, 0.05) is 13.1 Å². The normalized spacial score (nSPS) is 11.5. The van der Waals surface area contributed by atoms with E-state index in [1.165, 1.54) is 205 Å². The molecule has 41 heavy (non-hydrogen) atoms. The number of hydrogen-bond donors (Lipinski definition) is 1. The smallest absolute Gasteiger partial charge is 0.241 e. The van der Waals surface area contributed by atoms with Crippen LogP contribution in [0.5, 0.6) is 0 Å². The van der Waals surface area contributed by atoms with Crippen molar-refractivity contribution in [2.24, 2.45) is 0 Å². The molecular weight excluding hydrogens is 539 g/mol. The van der Waals surface area contributed by atoms with Crippen molar-refractivity contribution in [1.29, 1.82) is 0 Å². The van der Waals surface area contributed by atoms with Gasteiger partial charge in [-0.15, -0.1) is 5.06 Å². The minimum Gasteiger partial charge on any atom is -0.387 e. The van der Waals surface area contributed by atoms with Crippen molar-refractivity contribution < 1.29 is 4.84 Å². The Bertz CT molecular complexity index is 465. The van der Waals surface area contributed by atoms with Crippen molar-refractivity contribution in [1.82, 2.24) is 5.06 Å². The third-order valence-electron chi connectivity index (χ3n) is 8.73. The summed E-state index contributed by atoms with van der Waals surface area (Å²) >= 11 is 9.32. The monoisotopic (exact) mass is 614 g/mol. The Kier molecular flexibility index (Phi) is 36.6. The molecule has 0 saturated carbocycles. The van der Waals surface area contributed by atoms with E-state index in [1.54, 1.807) is 0 Å². The van der Waals surface area contributed by atoms with Gasteiger partial charge < -0.3 is 4.84 Å². The molecule has 0 bridgehead atoms. The molecule has 0 atom stereocenters. The maximum atomic E-state index is 5.73. The Balaban J connectivity index is 3.46. The quantitative estimate of drug-likeness (QED) is 0.0330. The van der Waals surface area contributed by atoms with Crippen LogP contribution in [-0.2, 0) is 4.84 Å². The summed E-state index contributed by atoms with van der Waals surface area (Å²) in [5.74, 6) is 0. The average Bonchev–Trinajstić information content (AvgIpc) is 2.96. The highest BCUT2D eigenvalue weighted by atomic mass is 32.1. The van der Waals surface area contributed by atoms with Gasteiger partial charge in [0.2, 0.25) is 4.38 Å². The van der Waals surface area contributed by atoms with Gasteiger partial charge in [-0.2, -0.15) is 0 Å². The lowest BCUT2D eigenvalue weighted by Crippen LogP contribution is -2.27. The Morgan fingerprint density at radius 1 is 0.390 bits per heavy atom. The molecule has 0 aromatic carbocycles. The zero-order valence-corrected chi connectivity index (χ0v) is 30.0. The third-order valence-corrected chi connectivity index (χ3v) is 8.89. The van der Waals surface area contributed by atoms with Gasteiger partial charge in [-0.05, 0) is 25.1 Å². The number of thiol groups is 1. The Morgan fingerprint density at radius 2 is 0.585 bits per heavy atom. The lowest BCUT2D eigenvalue weighted by Gasteiger charge is -2.21. The third kappa shape index (κ3) is 36.3. The van der Waals surface area contributed by atoms with E-state index >= 15 is 0 Å². The fourth-order valence-electron chi connectivity index (χ4n) is 5.99. The molecule has 0 radical (unpaired) electrons. The van der Waals surface area contributed by atoms with E-state index in [2.05, 4.69) is 31.5 Å². The van der Waals surface area contributed by atoms with Crippen molar-refractivity contribution in [2.75, 3.05) is 13.1 Å². The first-order valence-electron chi connectivity index (χ1n) is 18.9. The molecule has 0 unspecified atom stereocenters. The SMILES string of the molecule is CCCCCCCCCCCCCCCCCCN(CCCCCCCCCCCCCCCCCC)OC(=S)S. The second-order valence-electron chi connectivity index (χ2n) is 12.9. The van der Waals surface area contributed by atoms with Crippen molar-refractivity contribution in [2.45, 2.75) is 219 Å². The van der Waals surface area contributed by atoms with E-state index in [4.69, 9.17) is 17.1 Å². The summed E-state index contributed by atoms with van der Waals surface area (Å²) in [4.78, 5) is 5.73. The molecule has 0 spiro atoms. The Labute approximate surface area is 270 Å². The second-order valence-corrected chi connectivity index (χ2v) is 14.0. The molecule has 4 heteroatoms. The lowest BCUT2D eigenvalue weighted by atomic mass is 10.0. The molecule has 0 aliphatic carbocycles. The van der Waals surface area contributed by atoms with E-state index in [-0.39, 0.29) is 0 Å². The number of nitrogens with zero attached hydrogens (tertiary/aromatic N) is 1. The first-order chi connectivity index (χ1) is 20.2. The molecule has 0 fully saturated rings. The number of unbranched alkanes of at least 4 members (excludes halogenated alkanes) is 30. The highest BCUT2D eigenvalue weighted by molar-refractivity contribution is 8.10. The first kappa shape index (κ1) is 41.2. The fourth-order valence-corrected chi connectivity index (χ4v) is 6.21.